The molecule has 0 nitrogen and oxygen atoms in total. The van der Waals surface area contributed by atoms with Gasteiger partial charge in [0.05, 0.1) is 0 Å². The van der Waals surface area contributed by atoms with Gasteiger partial charge in [0.1, 0.15) is 0 Å². The van der Waals surface area contributed by atoms with E-state index >= 15 is 0 Å². The monoisotopic (exact) mass is 208 g/mol. The van der Waals surface area contributed by atoms with Gasteiger partial charge in [-0.1, -0.05) is 0 Å². The van der Waals surface area contributed by atoms with E-state index in [0.717, 1.165) is 0 Å². The maximum absolute atomic E-state index is 0. The molecule has 0 saturated carbocycles. The van der Waals surface area contributed by atoms with Crippen LogP contribution in [0.1, 0.15) is 0 Å². The summed E-state index contributed by atoms with van der Waals surface area (Å²) in [7, 11) is 0. The quantitative estimate of drug-likeness (QED) is 0.477. The normalized spacial score (nSPS) is 0. The molecule has 0 aliphatic heterocycles. The van der Waals surface area contributed by atoms with Crippen molar-refractivity contribution < 1.29 is 21.1 Å². The third-order valence-electron chi connectivity index (χ3n) is 0. The molecule has 0 saturated heterocycles. The van der Waals surface area contributed by atoms with Gasteiger partial charge in [-0.05, 0) is 0 Å². The fourth-order valence-electron chi connectivity index (χ4n) is 0. The summed E-state index contributed by atoms with van der Waals surface area (Å²) in [6.07, 6.45) is 0. The molecular weight excluding hydrogens is 199 g/mol. The summed E-state index contributed by atoms with van der Waals surface area (Å²) in [4.78, 5) is 0. The van der Waals surface area contributed by atoms with Gasteiger partial charge in [0.25, 0.3) is 0 Å². The fraction of sp³-hybridized carbons (Fsp3) is 0. The van der Waals surface area contributed by atoms with Crippen molar-refractivity contribution in [2.75, 3.05) is 0 Å². The average molecular weight is 206 g/mol. The zero-order chi connectivity index (χ0) is 0. The Kier molecular flexibility index (Phi) is 357. The van der Waals surface area contributed by atoms with E-state index in [4.69, 9.17) is 0 Å². The van der Waals surface area contributed by atoms with Gasteiger partial charge in [0.2, 0.25) is 0 Å². The first-order valence-electron chi connectivity index (χ1n) is 0. The molecule has 0 bridgehead atoms. The number of hydrogen-bond donors (Lipinski definition) is 0. The summed E-state index contributed by atoms with van der Waals surface area (Å²) in [5, 5.41) is 0. The van der Waals surface area contributed by atoms with Gasteiger partial charge in [-0.3, -0.25) is 0 Å². The Morgan fingerprint density at radius 2 is 0.600 bits per heavy atom. The van der Waals surface area contributed by atoms with E-state index in [1.54, 1.807) is 0 Å². The van der Waals surface area contributed by atoms with E-state index in [9.17, 15) is 0 Å². The topological polar surface area (TPSA) is 0 Å². The van der Waals surface area contributed by atoms with E-state index in [-0.39, 0.29) is 80.4 Å². The molecule has 0 fully saturated rings. The van der Waals surface area contributed by atoms with E-state index in [1.807, 2.05) is 0 Å². The molecule has 0 aromatic heterocycles. The molecule has 0 N–H and O–H groups in total. The minimum absolute atomic E-state index is 0. The number of rotatable bonds is 0. The first-order valence-corrected chi connectivity index (χ1v) is 0. The molecule has 5 heteroatoms. The van der Waals surface area contributed by atoms with Crippen LogP contribution >= 0.6 is 40.5 Å². The predicted molar refractivity (Wildman–Crippen MR) is 38.3 cm³/mol. The van der Waals surface area contributed by atoms with Crippen LogP contribution in [0.5, 0.6) is 0 Å². The van der Waals surface area contributed by atoms with Crippen molar-refractivity contribution in [2.24, 2.45) is 0 Å². The summed E-state index contributed by atoms with van der Waals surface area (Å²) in [5.74, 6) is 0. The van der Waals surface area contributed by atoms with E-state index in [0.29, 0.717) is 0 Å². The number of hydrogen-bond acceptors (Lipinski definition) is 0. The first kappa shape index (κ1) is 54.0. The summed E-state index contributed by atoms with van der Waals surface area (Å²) >= 11 is 0. The first-order chi connectivity index (χ1) is 0. The van der Waals surface area contributed by atoms with Crippen LogP contribution in [0.3, 0.4) is 0 Å². The average Bonchev–Trinajstić information content (AvgIpc) is 0. The molecule has 32 valence electrons. The van der Waals surface area contributed by atoms with Gasteiger partial charge in [0.15, 0.2) is 0 Å². The second-order valence-electron chi connectivity index (χ2n) is 0. The van der Waals surface area contributed by atoms with Crippen molar-refractivity contribution >= 4 is 59.3 Å². The predicted octanol–water partition coefficient (Wildman–Crippen LogP) is -0.313. The van der Waals surface area contributed by atoms with Crippen LogP contribution in [0, 0.1) is 0 Å². The molecule has 0 unspecified atom stereocenters. The van der Waals surface area contributed by atoms with Crippen molar-refractivity contribution in [3.63, 3.8) is 0 Å². The maximum Gasteiger partial charge on any atom is 0 e. The van der Waals surface area contributed by atoms with Gasteiger partial charge < -0.3 is 0 Å². The van der Waals surface area contributed by atoms with Gasteiger partial charge in [-0.15, -0.1) is 0 Å². The van der Waals surface area contributed by atoms with Gasteiger partial charge in [-0.25, -0.2) is 0 Å². The molecule has 0 amide bonds. The van der Waals surface area contributed by atoms with Crippen molar-refractivity contribution in [1.82, 2.24) is 0 Å². The van der Waals surface area contributed by atoms with Crippen molar-refractivity contribution in [3.05, 3.63) is 0 Å². The molecule has 0 spiro atoms. The second kappa shape index (κ2) is 33.1. The summed E-state index contributed by atoms with van der Waals surface area (Å²) < 4.78 is 0. The molecule has 0 aliphatic carbocycles. The van der Waals surface area contributed by atoms with Crippen molar-refractivity contribution in [2.45, 2.75) is 0 Å². The molecule has 0 radical (unpaired) electrons. The van der Waals surface area contributed by atoms with Crippen LogP contribution in [0.25, 0.3) is 0 Å². The van der Waals surface area contributed by atoms with Crippen molar-refractivity contribution in [1.29, 1.82) is 0 Å². The molecule has 0 aromatic rings. The van der Waals surface area contributed by atoms with E-state index in [1.165, 1.54) is 0 Å². The summed E-state index contributed by atoms with van der Waals surface area (Å²) in [6.45, 7) is 0. The Hall–Kier alpha value is 2.34. The van der Waals surface area contributed by atoms with Crippen LogP contribution in [-0.2, 0) is 21.1 Å². The van der Waals surface area contributed by atoms with E-state index < -0.39 is 0 Å². The molecule has 0 rings (SSSR count). The fourth-order valence-corrected chi connectivity index (χ4v) is 0. The summed E-state index contributed by atoms with van der Waals surface area (Å²) in [6, 6.07) is 0. The molecular formula is H7LiMoS3. The Bertz CT molecular complexity index is 6.85. The van der Waals surface area contributed by atoms with Crippen LogP contribution in [-0.4, -0.2) is 18.9 Å². The third-order valence-corrected chi connectivity index (χ3v) is 0. The van der Waals surface area contributed by atoms with Gasteiger partial charge >= 0.3 is 18.9 Å². The van der Waals surface area contributed by atoms with Gasteiger partial charge in [-0.2, -0.15) is 40.5 Å². The molecule has 0 aliphatic rings. The Labute approximate surface area is 79.6 Å². The van der Waals surface area contributed by atoms with Crippen LogP contribution < -0.4 is 0 Å². The Morgan fingerprint density at radius 3 is 0.600 bits per heavy atom. The molecule has 0 heterocycles. The zero-order valence-corrected chi connectivity index (χ0v) is 6.92. The molecule has 0 atom stereocenters. The molecule has 0 aromatic carbocycles. The molecule has 5 heavy (non-hydrogen) atoms. The zero-order valence-electron chi connectivity index (χ0n) is 1.91. The summed E-state index contributed by atoms with van der Waals surface area (Å²) in [5.41, 5.74) is 0. The maximum atomic E-state index is 0. The second-order valence-corrected chi connectivity index (χ2v) is 0. The minimum atomic E-state index is 0. The smallest absolute Gasteiger partial charge is 0 e. The largest absolute Gasteiger partial charge is 0 e. The Balaban J connectivity index is 0. The van der Waals surface area contributed by atoms with E-state index in [2.05, 4.69) is 0 Å². The van der Waals surface area contributed by atoms with Crippen molar-refractivity contribution in [3.8, 4) is 0 Å². The Morgan fingerprint density at radius 1 is 0.600 bits per heavy atom. The van der Waals surface area contributed by atoms with Gasteiger partial charge in [0, 0.05) is 21.1 Å². The standard InChI is InChI=1S/Li.Mo.3H2S.H/h;;3*1H2;. The van der Waals surface area contributed by atoms with Crippen LogP contribution in [0.15, 0.2) is 0 Å². The van der Waals surface area contributed by atoms with Crippen LogP contribution in [0.2, 0.25) is 0 Å². The van der Waals surface area contributed by atoms with Crippen LogP contribution in [0.4, 0.5) is 0 Å². The minimum Gasteiger partial charge on any atom is 0 e. The third kappa shape index (κ3) is 21.8. The SMILES string of the molecule is S.S.S.[LiH].[Mo].